The maximum absolute atomic E-state index is 6.72. The molecular formula is C12H11N3. The van der Waals surface area contributed by atoms with Crippen LogP contribution < -0.4 is 0 Å². The van der Waals surface area contributed by atoms with Crippen molar-refractivity contribution in [1.29, 1.82) is 0 Å². The monoisotopic (exact) mass is 197 g/mol. The third kappa shape index (κ3) is 2.23. The molecule has 74 valence electrons. The highest BCUT2D eigenvalue weighted by atomic mass is 15.3. The molecule has 0 saturated carbocycles. The molecule has 3 nitrogen and oxygen atoms in total. The first kappa shape index (κ1) is 9.47. The molecule has 0 fully saturated rings. The van der Waals surface area contributed by atoms with Crippen LogP contribution in [0.1, 0.15) is 5.56 Å². The summed E-state index contributed by atoms with van der Waals surface area (Å²) in [5, 5.41) is 4.15. The lowest BCUT2D eigenvalue weighted by atomic mass is 10.1. The average Bonchev–Trinajstić information content (AvgIpc) is 2.80. The molecule has 0 saturated heterocycles. The van der Waals surface area contributed by atoms with Crippen LogP contribution >= 0.6 is 0 Å². The minimum Gasteiger partial charge on any atom is -0.317 e. The van der Waals surface area contributed by atoms with Gasteiger partial charge in [0.2, 0.25) is 6.54 Å². The molecule has 15 heavy (non-hydrogen) atoms. The number of aromatic nitrogens is 2. The summed E-state index contributed by atoms with van der Waals surface area (Å²) in [5.74, 6) is 0. The Hall–Kier alpha value is -2.08. The fourth-order valence-corrected chi connectivity index (χ4v) is 1.42. The van der Waals surface area contributed by atoms with Crippen molar-refractivity contribution in [3.05, 3.63) is 59.7 Å². The number of hydrogen-bond acceptors (Lipinski definition) is 1. The van der Waals surface area contributed by atoms with Gasteiger partial charge in [-0.25, -0.2) is 11.3 Å². The highest BCUT2D eigenvalue weighted by Crippen LogP contribution is 2.08. The lowest BCUT2D eigenvalue weighted by molar-refractivity contribution is 0.879. The van der Waals surface area contributed by atoms with Crippen molar-refractivity contribution in [3.8, 4) is 5.69 Å². The van der Waals surface area contributed by atoms with E-state index < -0.39 is 0 Å². The molecule has 0 bridgehead atoms. The molecule has 2 aromatic rings. The third-order valence-corrected chi connectivity index (χ3v) is 2.22. The van der Waals surface area contributed by atoms with Crippen molar-refractivity contribution in [2.24, 2.45) is 0 Å². The van der Waals surface area contributed by atoms with E-state index in [4.69, 9.17) is 6.57 Å². The number of benzene rings is 1. The van der Waals surface area contributed by atoms with E-state index in [9.17, 15) is 0 Å². The Morgan fingerprint density at radius 2 is 2.07 bits per heavy atom. The van der Waals surface area contributed by atoms with Gasteiger partial charge in [0.05, 0.1) is 5.69 Å². The van der Waals surface area contributed by atoms with E-state index in [0.29, 0.717) is 6.54 Å². The molecule has 0 aliphatic heterocycles. The van der Waals surface area contributed by atoms with Crippen LogP contribution in [0.25, 0.3) is 10.5 Å². The van der Waals surface area contributed by atoms with Gasteiger partial charge in [-0.05, 0) is 23.8 Å². The van der Waals surface area contributed by atoms with Gasteiger partial charge in [-0.1, -0.05) is 12.1 Å². The van der Waals surface area contributed by atoms with E-state index >= 15 is 0 Å². The predicted octanol–water partition coefficient (Wildman–Crippen LogP) is 2.33. The maximum atomic E-state index is 6.72. The third-order valence-electron chi connectivity index (χ3n) is 2.22. The molecular weight excluding hydrogens is 186 g/mol. The average molecular weight is 197 g/mol. The van der Waals surface area contributed by atoms with Crippen molar-refractivity contribution < 1.29 is 0 Å². The largest absolute Gasteiger partial charge is 0.317 e. The molecule has 1 aromatic heterocycles. The minimum atomic E-state index is 0.557. The second kappa shape index (κ2) is 4.43. The van der Waals surface area contributed by atoms with Crippen LogP contribution in [0.2, 0.25) is 0 Å². The summed E-state index contributed by atoms with van der Waals surface area (Å²) < 4.78 is 1.82. The van der Waals surface area contributed by atoms with Crippen molar-refractivity contribution in [2.75, 3.05) is 6.54 Å². The number of rotatable bonds is 3. The van der Waals surface area contributed by atoms with Crippen LogP contribution in [0.4, 0.5) is 0 Å². The molecule has 0 aliphatic rings. The summed E-state index contributed by atoms with van der Waals surface area (Å²) in [6, 6.07) is 10.0. The summed E-state index contributed by atoms with van der Waals surface area (Å²) >= 11 is 0. The second-order valence-electron chi connectivity index (χ2n) is 3.25. The molecule has 0 N–H and O–H groups in total. The maximum Gasteiger partial charge on any atom is 0.218 e. The Kier molecular flexibility index (Phi) is 2.80. The molecule has 1 heterocycles. The highest BCUT2D eigenvalue weighted by Gasteiger charge is 1.97. The van der Waals surface area contributed by atoms with Crippen LogP contribution in [-0.4, -0.2) is 16.3 Å². The Morgan fingerprint density at radius 3 is 2.67 bits per heavy atom. The summed E-state index contributed by atoms with van der Waals surface area (Å²) in [5.41, 5.74) is 2.24. The van der Waals surface area contributed by atoms with Crippen LogP contribution in [-0.2, 0) is 6.42 Å². The van der Waals surface area contributed by atoms with Gasteiger partial charge in [0.1, 0.15) is 0 Å². The van der Waals surface area contributed by atoms with E-state index in [0.717, 1.165) is 12.1 Å². The zero-order chi connectivity index (χ0) is 10.5. The van der Waals surface area contributed by atoms with E-state index in [-0.39, 0.29) is 0 Å². The summed E-state index contributed by atoms with van der Waals surface area (Å²) in [4.78, 5) is 3.34. The summed E-state index contributed by atoms with van der Waals surface area (Å²) in [6.45, 7) is 7.28. The zero-order valence-corrected chi connectivity index (χ0v) is 8.30. The minimum absolute atomic E-state index is 0.557. The Morgan fingerprint density at radius 1 is 1.27 bits per heavy atom. The van der Waals surface area contributed by atoms with Gasteiger partial charge in [-0.15, -0.1) is 0 Å². The fraction of sp³-hybridized carbons (Fsp3) is 0.167. The Balaban J connectivity index is 2.15. The number of hydrogen-bond donors (Lipinski definition) is 0. The zero-order valence-electron chi connectivity index (χ0n) is 8.30. The summed E-state index contributed by atoms with van der Waals surface area (Å²) in [7, 11) is 0. The molecule has 0 aliphatic carbocycles. The molecule has 2 rings (SSSR count). The van der Waals surface area contributed by atoms with Gasteiger partial charge in [0.15, 0.2) is 0 Å². The van der Waals surface area contributed by atoms with Crippen molar-refractivity contribution in [1.82, 2.24) is 9.78 Å². The van der Waals surface area contributed by atoms with E-state index in [1.54, 1.807) is 6.20 Å². The molecule has 0 radical (unpaired) electrons. The van der Waals surface area contributed by atoms with Gasteiger partial charge < -0.3 is 4.85 Å². The normalized spacial score (nSPS) is 9.80. The highest BCUT2D eigenvalue weighted by molar-refractivity contribution is 5.33. The number of nitrogens with zero attached hydrogens (tertiary/aromatic N) is 3. The van der Waals surface area contributed by atoms with E-state index in [2.05, 4.69) is 9.94 Å². The SMILES string of the molecule is [C-]#[N+]CCc1ccc(-n2cccn2)cc1. The lowest BCUT2D eigenvalue weighted by Gasteiger charge is -2.01. The first-order valence-corrected chi connectivity index (χ1v) is 4.82. The van der Waals surface area contributed by atoms with Crippen LogP contribution in [0, 0.1) is 6.57 Å². The van der Waals surface area contributed by atoms with Crippen molar-refractivity contribution >= 4 is 0 Å². The molecule has 0 amide bonds. The van der Waals surface area contributed by atoms with Crippen LogP contribution in [0.3, 0.4) is 0 Å². The molecule has 0 atom stereocenters. The van der Waals surface area contributed by atoms with Crippen LogP contribution in [0.5, 0.6) is 0 Å². The Bertz CT molecular complexity index is 449. The topological polar surface area (TPSA) is 22.2 Å². The standard InChI is InChI=1S/C12H11N3/c1-13-9-7-11-3-5-12(6-4-11)15-10-2-8-14-15/h2-6,8,10H,7,9H2. The second-order valence-corrected chi connectivity index (χ2v) is 3.25. The molecule has 0 spiro atoms. The van der Waals surface area contributed by atoms with Crippen molar-refractivity contribution in [2.45, 2.75) is 6.42 Å². The van der Waals surface area contributed by atoms with E-state index in [1.165, 1.54) is 5.56 Å². The first-order valence-electron chi connectivity index (χ1n) is 4.82. The quantitative estimate of drug-likeness (QED) is 0.692. The van der Waals surface area contributed by atoms with E-state index in [1.807, 2.05) is 41.2 Å². The molecule has 3 heteroatoms. The van der Waals surface area contributed by atoms with Gasteiger partial charge in [0.25, 0.3) is 0 Å². The Labute approximate surface area is 88.8 Å². The van der Waals surface area contributed by atoms with Crippen molar-refractivity contribution in [3.63, 3.8) is 0 Å². The van der Waals surface area contributed by atoms with Gasteiger partial charge in [-0.2, -0.15) is 5.10 Å². The van der Waals surface area contributed by atoms with Gasteiger partial charge >= 0.3 is 0 Å². The van der Waals surface area contributed by atoms with Crippen LogP contribution in [0.15, 0.2) is 42.7 Å². The lowest BCUT2D eigenvalue weighted by Crippen LogP contribution is -1.94. The predicted molar refractivity (Wildman–Crippen MR) is 58.7 cm³/mol. The fourth-order valence-electron chi connectivity index (χ4n) is 1.42. The smallest absolute Gasteiger partial charge is 0.218 e. The molecule has 1 aromatic carbocycles. The molecule has 0 unspecified atom stereocenters. The first-order chi connectivity index (χ1) is 7.40. The van der Waals surface area contributed by atoms with Gasteiger partial charge in [0, 0.05) is 18.8 Å². The van der Waals surface area contributed by atoms with Gasteiger partial charge in [-0.3, -0.25) is 0 Å². The summed E-state index contributed by atoms with van der Waals surface area (Å²) in [6.07, 6.45) is 4.49.